The van der Waals surface area contributed by atoms with E-state index in [2.05, 4.69) is 9.97 Å². The fraction of sp³-hybridized carbons (Fsp3) is 0.400. The van der Waals surface area contributed by atoms with Crippen molar-refractivity contribution in [3.63, 3.8) is 0 Å². The lowest BCUT2D eigenvalue weighted by molar-refractivity contribution is 0.592. The Balaban J connectivity index is 2.56. The van der Waals surface area contributed by atoms with Gasteiger partial charge in [0.25, 0.3) is 0 Å². The van der Waals surface area contributed by atoms with E-state index in [0.717, 1.165) is 24.9 Å². The van der Waals surface area contributed by atoms with E-state index in [-0.39, 0.29) is 5.16 Å². The molecule has 0 radical (unpaired) electrons. The molecule has 2 rings (SSSR count). The number of nitrogens with zero attached hydrogens (tertiary/aromatic N) is 3. The molecular weight excluding hydrogens is 226 g/mol. The van der Waals surface area contributed by atoms with Crippen LogP contribution in [0.5, 0.6) is 0 Å². The van der Waals surface area contributed by atoms with Crippen molar-refractivity contribution in [2.45, 2.75) is 12.1 Å². The highest BCUT2D eigenvalue weighted by molar-refractivity contribution is 7.90. The predicted molar refractivity (Wildman–Crippen MR) is 62.1 cm³/mol. The number of rotatable bonds is 2. The van der Waals surface area contributed by atoms with Crippen LogP contribution in [0.4, 0.5) is 5.82 Å². The molecule has 6 heteroatoms. The van der Waals surface area contributed by atoms with Gasteiger partial charge in [-0.25, -0.2) is 18.4 Å². The van der Waals surface area contributed by atoms with Crippen LogP contribution >= 0.6 is 0 Å². The van der Waals surface area contributed by atoms with Crippen LogP contribution in [0.3, 0.4) is 0 Å². The standard InChI is InChI=1S/C10H13N3O2S/c1-3-13-6-4-5-8-7-11-10(12-9(8)13)16(2,14)15/h4-5,7H,3,6H2,1-2H3. The Morgan fingerprint density at radius 3 is 2.88 bits per heavy atom. The van der Waals surface area contributed by atoms with Gasteiger partial charge in [0.1, 0.15) is 5.82 Å². The highest BCUT2D eigenvalue weighted by atomic mass is 32.2. The molecule has 2 heterocycles. The van der Waals surface area contributed by atoms with Gasteiger partial charge in [-0.05, 0) is 6.92 Å². The number of likely N-dealkylation sites (N-methyl/N-ethyl adjacent to an activating group) is 1. The number of hydrogen-bond donors (Lipinski definition) is 0. The van der Waals surface area contributed by atoms with Crippen LogP contribution in [0.1, 0.15) is 12.5 Å². The van der Waals surface area contributed by atoms with Crippen LogP contribution in [0.25, 0.3) is 6.08 Å². The van der Waals surface area contributed by atoms with E-state index in [1.165, 1.54) is 0 Å². The normalized spacial score (nSPS) is 15.0. The summed E-state index contributed by atoms with van der Waals surface area (Å²) >= 11 is 0. The summed E-state index contributed by atoms with van der Waals surface area (Å²) in [6.07, 6.45) is 6.59. The van der Waals surface area contributed by atoms with Crippen molar-refractivity contribution < 1.29 is 8.42 Å². The first-order chi connectivity index (χ1) is 7.52. The third-order valence-electron chi connectivity index (χ3n) is 2.41. The summed E-state index contributed by atoms with van der Waals surface area (Å²) in [4.78, 5) is 9.97. The monoisotopic (exact) mass is 239 g/mol. The van der Waals surface area contributed by atoms with E-state index in [1.54, 1.807) is 6.20 Å². The molecule has 0 amide bonds. The van der Waals surface area contributed by atoms with Gasteiger partial charge in [-0.1, -0.05) is 12.2 Å². The molecule has 5 nitrogen and oxygen atoms in total. The molecule has 0 bridgehead atoms. The molecule has 1 aliphatic rings. The smallest absolute Gasteiger partial charge is 0.248 e. The fourth-order valence-electron chi connectivity index (χ4n) is 1.59. The molecule has 16 heavy (non-hydrogen) atoms. The van der Waals surface area contributed by atoms with E-state index in [0.29, 0.717) is 5.82 Å². The molecule has 0 fully saturated rings. The van der Waals surface area contributed by atoms with Crippen molar-refractivity contribution in [1.82, 2.24) is 9.97 Å². The Morgan fingerprint density at radius 1 is 1.50 bits per heavy atom. The number of sulfone groups is 1. The molecule has 0 saturated heterocycles. The van der Waals surface area contributed by atoms with Gasteiger partial charge in [0, 0.05) is 31.1 Å². The first-order valence-electron chi connectivity index (χ1n) is 5.01. The minimum absolute atomic E-state index is 0.111. The molecule has 1 aromatic heterocycles. The van der Waals surface area contributed by atoms with Gasteiger partial charge in [-0.15, -0.1) is 0 Å². The molecule has 86 valence electrons. The lowest BCUT2D eigenvalue weighted by Gasteiger charge is -2.25. The minimum atomic E-state index is -3.34. The molecule has 0 saturated carbocycles. The summed E-state index contributed by atoms with van der Waals surface area (Å²) in [6.45, 7) is 3.55. The van der Waals surface area contributed by atoms with E-state index in [9.17, 15) is 8.42 Å². The van der Waals surface area contributed by atoms with Crippen LogP contribution < -0.4 is 4.90 Å². The SMILES string of the molecule is CCN1CC=Cc2cnc(S(C)(=O)=O)nc21. The summed E-state index contributed by atoms with van der Waals surface area (Å²) < 4.78 is 22.7. The van der Waals surface area contributed by atoms with Gasteiger partial charge in [0.2, 0.25) is 15.0 Å². The number of hydrogen-bond acceptors (Lipinski definition) is 5. The Morgan fingerprint density at radius 2 is 2.25 bits per heavy atom. The van der Waals surface area contributed by atoms with Gasteiger partial charge < -0.3 is 4.90 Å². The average molecular weight is 239 g/mol. The third kappa shape index (κ3) is 1.92. The number of fused-ring (bicyclic) bond motifs is 1. The molecule has 0 aromatic carbocycles. The van der Waals surface area contributed by atoms with E-state index in [1.807, 2.05) is 24.0 Å². The first-order valence-corrected chi connectivity index (χ1v) is 6.90. The van der Waals surface area contributed by atoms with Crippen molar-refractivity contribution in [1.29, 1.82) is 0 Å². The zero-order valence-corrected chi connectivity index (χ0v) is 10.0. The number of aromatic nitrogens is 2. The Bertz CT molecular complexity index is 537. The van der Waals surface area contributed by atoms with Crippen LogP contribution in [0, 0.1) is 0 Å². The molecular formula is C10H13N3O2S. The van der Waals surface area contributed by atoms with Gasteiger partial charge in [0.15, 0.2) is 0 Å². The lowest BCUT2D eigenvalue weighted by Crippen LogP contribution is -2.27. The van der Waals surface area contributed by atoms with Crippen molar-refractivity contribution >= 4 is 21.7 Å². The summed E-state index contributed by atoms with van der Waals surface area (Å²) in [7, 11) is -3.34. The summed E-state index contributed by atoms with van der Waals surface area (Å²) in [5.74, 6) is 0.695. The highest BCUT2D eigenvalue weighted by Gasteiger charge is 2.18. The Labute approximate surface area is 94.8 Å². The quantitative estimate of drug-likeness (QED) is 0.712. The zero-order valence-electron chi connectivity index (χ0n) is 9.21. The average Bonchev–Trinajstić information content (AvgIpc) is 2.26. The van der Waals surface area contributed by atoms with Gasteiger partial charge >= 0.3 is 0 Å². The van der Waals surface area contributed by atoms with E-state index < -0.39 is 9.84 Å². The largest absolute Gasteiger partial charge is 0.353 e. The maximum Gasteiger partial charge on any atom is 0.248 e. The second kappa shape index (κ2) is 3.86. The Kier molecular flexibility index (Phi) is 2.67. The van der Waals surface area contributed by atoms with Gasteiger partial charge in [0.05, 0.1) is 0 Å². The maximum absolute atomic E-state index is 11.4. The maximum atomic E-state index is 11.4. The van der Waals surface area contributed by atoms with Gasteiger partial charge in [-0.2, -0.15) is 0 Å². The topological polar surface area (TPSA) is 63.2 Å². The summed E-state index contributed by atoms with van der Waals surface area (Å²) in [5.41, 5.74) is 0.862. The summed E-state index contributed by atoms with van der Waals surface area (Å²) in [6, 6.07) is 0. The van der Waals surface area contributed by atoms with Crippen molar-refractivity contribution in [3.05, 3.63) is 17.8 Å². The lowest BCUT2D eigenvalue weighted by atomic mass is 10.2. The molecule has 0 N–H and O–H groups in total. The fourth-order valence-corrected chi connectivity index (χ4v) is 2.08. The minimum Gasteiger partial charge on any atom is -0.353 e. The highest BCUT2D eigenvalue weighted by Crippen LogP contribution is 2.23. The molecule has 0 unspecified atom stereocenters. The molecule has 0 spiro atoms. The van der Waals surface area contributed by atoms with Gasteiger partial charge in [-0.3, -0.25) is 0 Å². The van der Waals surface area contributed by atoms with Crippen molar-refractivity contribution in [2.75, 3.05) is 24.2 Å². The first kappa shape index (κ1) is 11.1. The van der Waals surface area contributed by atoms with Crippen molar-refractivity contribution in [2.24, 2.45) is 0 Å². The molecule has 1 aliphatic heterocycles. The molecule has 0 aliphatic carbocycles. The van der Waals surface area contributed by atoms with E-state index in [4.69, 9.17) is 0 Å². The van der Waals surface area contributed by atoms with Crippen LogP contribution in [0.2, 0.25) is 0 Å². The second-order valence-electron chi connectivity index (χ2n) is 3.64. The zero-order chi connectivity index (χ0) is 11.8. The summed E-state index contributed by atoms with van der Waals surface area (Å²) in [5, 5.41) is -0.111. The van der Waals surface area contributed by atoms with Crippen LogP contribution in [-0.2, 0) is 9.84 Å². The third-order valence-corrected chi connectivity index (χ3v) is 3.27. The predicted octanol–water partition coefficient (Wildman–Crippen LogP) is 0.733. The Hall–Kier alpha value is -1.43. The van der Waals surface area contributed by atoms with E-state index >= 15 is 0 Å². The van der Waals surface area contributed by atoms with Crippen LogP contribution in [0.15, 0.2) is 17.4 Å². The van der Waals surface area contributed by atoms with Crippen LogP contribution in [-0.4, -0.2) is 37.7 Å². The number of anilines is 1. The van der Waals surface area contributed by atoms with Crippen molar-refractivity contribution in [3.8, 4) is 0 Å². The molecule has 1 aromatic rings. The second-order valence-corrected chi connectivity index (χ2v) is 5.55. The molecule has 0 atom stereocenters.